The molecule has 1 atom stereocenters. The first-order chi connectivity index (χ1) is 13.2. The molecule has 4 heterocycles. The fraction of sp³-hybridized carbons (Fsp3) is 0.619. The molecule has 2 saturated heterocycles. The molecule has 1 unspecified atom stereocenters. The molecule has 27 heavy (non-hydrogen) atoms. The molecular formula is C21H31N5O. The number of pyridine rings is 1. The summed E-state index contributed by atoms with van der Waals surface area (Å²) in [5.74, 6) is 1.54. The molecule has 2 aromatic heterocycles. The van der Waals surface area contributed by atoms with Gasteiger partial charge in [0.05, 0.1) is 5.69 Å². The highest BCUT2D eigenvalue weighted by atomic mass is 16.2. The number of piperidine rings is 1. The van der Waals surface area contributed by atoms with Crippen molar-refractivity contribution in [2.45, 2.75) is 32.7 Å². The maximum atomic E-state index is 12.7. The molecule has 1 amide bonds. The van der Waals surface area contributed by atoms with E-state index in [2.05, 4.69) is 37.6 Å². The van der Waals surface area contributed by atoms with Crippen LogP contribution >= 0.6 is 0 Å². The number of fused-ring (bicyclic) bond motifs is 1. The molecule has 6 nitrogen and oxygen atoms in total. The molecule has 2 fully saturated rings. The smallest absolute Gasteiger partial charge is 0.222 e. The van der Waals surface area contributed by atoms with Crippen LogP contribution in [0.25, 0.3) is 5.65 Å². The summed E-state index contributed by atoms with van der Waals surface area (Å²) in [6, 6.07) is 6.07. The minimum Gasteiger partial charge on any atom is -0.340 e. The molecular weight excluding hydrogens is 338 g/mol. The van der Waals surface area contributed by atoms with E-state index in [1.54, 1.807) is 0 Å². The average molecular weight is 370 g/mol. The lowest BCUT2D eigenvalue weighted by Gasteiger charge is -2.36. The van der Waals surface area contributed by atoms with E-state index in [0.717, 1.165) is 57.2 Å². The van der Waals surface area contributed by atoms with E-state index in [-0.39, 0.29) is 0 Å². The lowest BCUT2D eigenvalue weighted by Crippen LogP contribution is -2.48. The number of carbonyl (C=O) groups excluding carboxylic acids is 1. The number of piperazine rings is 1. The van der Waals surface area contributed by atoms with Crippen molar-refractivity contribution in [3.8, 4) is 0 Å². The van der Waals surface area contributed by atoms with Crippen LogP contribution in [-0.2, 0) is 11.3 Å². The molecule has 0 spiro atoms. The van der Waals surface area contributed by atoms with Crippen LogP contribution in [0, 0.1) is 11.8 Å². The summed E-state index contributed by atoms with van der Waals surface area (Å²) in [5, 5.41) is 3.41. The van der Waals surface area contributed by atoms with Gasteiger partial charge in [0.1, 0.15) is 5.65 Å². The summed E-state index contributed by atoms with van der Waals surface area (Å²) in [7, 11) is 0. The second-order valence-corrected chi connectivity index (χ2v) is 8.12. The Morgan fingerprint density at radius 3 is 2.74 bits per heavy atom. The van der Waals surface area contributed by atoms with Crippen LogP contribution in [0.5, 0.6) is 0 Å². The first kappa shape index (κ1) is 18.4. The zero-order valence-corrected chi connectivity index (χ0v) is 16.3. The van der Waals surface area contributed by atoms with Crippen LogP contribution in [-0.4, -0.2) is 64.4 Å². The van der Waals surface area contributed by atoms with Crippen LogP contribution in [0.3, 0.4) is 0 Å². The van der Waals surface area contributed by atoms with E-state index in [1.807, 2.05) is 24.4 Å². The Balaban J connectivity index is 1.25. The first-order valence-corrected chi connectivity index (χ1v) is 10.3. The Morgan fingerprint density at radius 2 is 2.00 bits per heavy atom. The Hall–Kier alpha value is -1.92. The zero-order chi connectivity index (χ0) is 18.6. The first-order valence-electron chi connectivity index (χ1n) is 10.3. The molecule has 4 rings (SSSR count). The predicted octanol–water partition coefficient (Wildman–Crippen LogP) is 2.00. The molecule has 0 saturated carbocycles. The summed E-state index contributed by atoms with van der Waals surface area (Å²) >= 11 is 0. The molecule has 2 aliphatic rings. The van der Waals surface area contributed by atoms with E-state index < -0.39 is 0 Å². The monoisotopic (exact) mass is 369 g/mol. The molecule has 146 valence electrons. The number of carbonyl (C=O) groups is 1. The lowest BCUT2D eigenvalue weighted by atomic mass is 9.84. The number of hydrogen-bond acceptors (Lipinski definition) is 4. The molecule has 6 heteroatoms. The second kappa shape index (κ2) is 8.40. The fourth-order valence-corrected chi connectivity index (χ4v) is 4.43. The van der Waals surface area contributed by atoms with Gasteiger partial charge in [-0.15, -0.1) is 0 Å². The summed E-state index contributed by atoms with van der Waals surface area (Å²) in [6.07, 6.45) is 7.26. The summed E-state index contributed by atoms with van der Waals surface area (Å²) in [4.78, 5) is 21.9. The number of nitrogens with one attached hydrogen (secondary N) is 1. The number of nitrogens with zero attached hydrogens (tertiary/aromatic N) is 4. The van der Waals surface area contributed by atoms with Crippen molar-refractivity contribution in [3.63, 3.8) is 0 Å². The van der Waals surface area contributed by atoms with Gasteiger partial charge >= 0.3 is 0 Å². The largest absolute Gasteiger partial charge is 0.340 e. The van der Waals surface area contributed by atoms with Gasteiger partial charge in [-0.3, -0.25) is 9.69 Å². The Labute approximate surface area is 161 Å². The van der Waals surface area contributed by atoms with Crippen LogP contribution in [0.4, 0.5) is 0 Å². The highest BCUT2D eigenvalue weighted by Gasteiger charge is 2.26. The van der Waals surface area contributed by atoms with Crippen molar-refractivity contribution < 1.29 is 4.79 Å². The van der Waals surface area contributed by atoms with Crippen LogP contribution in [0.2, 0.25) is 0 Å². The van der Waals surface area contributed by atoms with E-state index in [0.29, 0.717) is 24.2 Å². The number of rotatable bonds is 5. The van der Waals surface area contributed by atoms with E-state index in [4.69, 9.17) is 0 Å². The lowest BCUT2D eigenvalue weighted by molar-refractivity contribution is -0.134. The van der Waals surface area contributed by atoms with Crippen LogP contribution < -0.4 is 5.32 Å². The van der Waals surface area contributed by atoms with Gasteiger partial charge in [-0.05, 0) is 49.9 Å². The van der Waals surface area contributed by atoms with Crippen molar-refractivity contribution in [2.24, 2.45) is 11.8 Å². The minimum absolute atomic E-state index is 0.341. The molecule has 2 aliphatic heterocycles. The Kier molecular flexibility index (Phi) is 5.74. The number of aromatic nitrogens is 2. The minimum atomic E-state index is 0.341. The molecule has 1 N–H and O–H groups in total. The second-order valence-electron chi connectivity index (χ2n) is 8.12. The number of amides is 1. The fourth-order valence-electron chi connectivity index (χ4n) is 4.43. The maximum Gasteiger partial charge on any atom is 0.222 e. The van der Waals surface area contributed by atoms with Crippen molar-refractivity contribution in [1.82, 2.24) is 24.5 Å². The predicted molar refractivity (Wildman–Crippen MR) is 106 cm³/mol. The highest BCUT2D eigenvalue weighted by molar-refractivity contribution is 5.76. The Bertz CT molecular complexity index is 726. The van der Waals surface area contributed by atoms with Crippen molar-refractivity contribution >= 4 is 11.6 Å². The van der Waals surface area contributed by atoms with Crippen molar-refractivity contribution in [3.05, 3.63) is 36.3 Å². The van der Waals surface area contributed by atoms with E-state index in [9.17, 15) is 4.79 Å². The molecule has 2 aromatic rings. The number of hydrogen-bond donors (Lipinski definition) is 1. The van der Waals surface area contributed by atoms with E-state index in [1.165, 1.54) is 12.8 Å². The topological polar surface area (TPSA) is 52.9 Å². The van der Waals surface area contributed by atoms with Gasteiger partial charge < -0.3 is 14.6 Å². The van der Waals surface area contributed by atoms with Crippen molar-refractivity contribution in [1.29, 1.82) is 0 Å². The maximum absolute atomic E-state index is 12.7. The van der Waals surface area contributed by atoms with Gasteiger partial charge in [-0.25, -0.2) is 4.98 Å². The van der Waals surface area contributed by atoms with Gasteiger partial charge in [0, 0.05) is 51.5 Å². The van der Waals surface area contributed by atoms with Crippen molar-refractivity contribution in [2.75, 3.05) is 39.3 Å². The van der Waals surface area contributed by atoms with Gasteiger partial charge in [0.15, 0.2) is 0 Å². The molecule has 0 aromatic carbocycles. The molecule has 0 radical (unpaired) electrons. The van der Waals surface area contributed by atoms with E-state index >= 15 is 0 Å². The summed E-state index contributed by atoms with van der Waals surface area (Å²) < 4.78 is 2.07. The zero-order valence-electron chi connectivity index (χ0n) is 16.3. The SMILES string of the molecule is CC(CC(=O)N1CCN(Cc2cn3ccccc3n2)CC1)C1CCNCC1. The third kappa shape index (κ3) is 4.50. The summed E-state index contributed by atoms with van der Waals surface area (Å²) in [5.41, 5.74) is 2.09. The molecule has 0 bridgehead atoms. The standard InChI is InChI=1S/C21H31N5O/c1-17(18-5-7-22-8-6-18)14-21(27)25-12-10-24(11-13-25)15-19-16-26-9-3-2-4-20(26)23-19/h2-4,9,16-18,22H,5-8,10-15H2,1H3. The Morgan fingerprint density at radius 1 is 1.22 bits per heavy atom. The van der Waals surface area contributed by atoms with Gasteiger partial charge in [0.25, 0.3) is 0 Å². The third-order valence-electron chi connectivity index (χ3n) is 6.21. The molecule has 0 aliphatic carbocycles. The van der Waals surface area contributed by atoms with Crippen LogP contribution in [0.15, 0.2) is 30.6 Å². The third-order valence-corrected chi connectivity index (χ3v) is 6.21. The average Bonchev–Trinajstić information content (AvgIpc) is 3.11. The quantitative estimate of drug-likeness (QED) is 0.876. The van der Waals surface area contributed by atoms with Crippen LogP contribution in [0.1, 0.15) is 31.9 Å². The highest BCUT2D eigenvalue weighted by Crippen LogP contribution is 2.25. The van der Waals surface area contributed by atoms with Gasteiger partial charge in [-0.1, -0.05) is 13.0 Å². The van der Waals surface area contributed by atoms with Gasteiger partial charge in [0.2, 0.25) is 5.91 Å². The number of imidazole rings is 1. The van der Waals surface area contributed by atoms with Gasteiger partial charge in [-0.2, -0.15) is 0 Å². The summed E-state index contributed by atoms with van der Waals surface area (Å²) in [6.45, 7) is 8.86. The normalized spacial score (nSPS) is 20.9.